The lowest BCUT2D eigenvalue weighted by atomic mass is 10.4. The monoisotopic (exact) mass is 291 g/mol. The van der Waals surface area contributed by atoms with Gasteiger partial charge in [-0.2, -0.15) is 0 Å². The van der Waals surface area contributed by atoms with Crippen LogP contribution in [0.15, 0.2) is 6.20 Å². The first-order chi connectivity index (χ1) is 5.11. The third kappa shape index (κ3) is 2.31. The minimum absolute atomic E-state index is 0.0735. The van der Waals surface area contributed by atoms with E-state index in [-0.39, 0.29) is 5.01 Å². The van der Waals surface area contributed by atoms with Crippen molar-refractivity contribution in [2.75, 3.05) is 0 Å². The van der Waals surface area contributed by atoms with Gasteiger partial charge in [0.2, 0.25) is 0 Å². The number of halogens is 3. The van der Waals surface area contributed by atoms with Gasteiger partial charge >= 0.3 is 0 Å². The van der Waals surface area contributed by atoms with Gasteiger partial charge in [-0.15, -0.1) is 11.3 Å². The second kappa shape index (κ2) is 3.72. The molecule has 1 atom stereocenters. The predicted molar refractivity (Wildman–Crippen MR) is 45.8 cm³/mol. The number of alkyl halides is 2. The molecule has 11 heavy (non-hydrogen) atoms. The summed E-state index contributed by atoms with van der Waals surface area (Å²) >= 11 is 3.03. The highest BCUT2D eigenvalue weighted by molar-refractivity contribution is 14.1. The summed E-state index contributed by atoms with van der Waals surface area (Å²) in [6.07, 6.45) is -3.04. The molecule has 0 amide bonds. The van der Waals surface area contributed by atoms with Crippen LogP contribution in [0.2, 0.25) is 0 Å². The molecule has 0 aliphatic carbocycles. The molecule has 0 fully saturated rings. The Hall–Kier alpha value is 0.180. The number of aromatic nitrogens is 1. The summed E-state index contributed by atoms with van der Waals surface area (Å²) in [4.78, 5) is 3.62. The molecule has 0 bridgehead atoms. The summed E-state index contributed by atoms with van der Waals surface area (Å²) in [5, 5.41) is 8.88. The Bertz CT molecular complexity index is 242. The van der Waals surface area contributed by atoms with E-state index in [1.54, 1.807) is 0 Å². The fraction of sp³-hybridized carbons (Fsp3) is 0.400. The van der Waals surface area contributed by atoms with Crippen LogP contribution < -0.4 is 0 Å². The molecule has 2 nitrogen and oxygen atoms in total. The molecule has 0 aromatic carbocycles. The van der Waals surface area contributed by atoms with Crippen molar-refractivity contribution in [3.05, 3.63) is 14.1 Å². The average Bonchev–Trinajstić information content (AvgIpc) is 2.34. The standard InChI is InChI=1S/C5H4F2INOS/c6-4(7)3(10)5-9-1-2(8)11-5/h1,3-4,10H. The number of nitrogens with zero attached hydrogens (tertiary/aromatic N) is 1. The molecule has 6 heteroatoms. The number of aliphatic hydroxyl groups is 1. The number of hydrogen-bond donors (Lipinski definition) is 1. The first-order valence-electron chi connectivity index (χ1n) is 2.68. The molecule has 0 saturated carbocycles. The zero-order valence-corrected chi connectivity index (χ0v) is 8.14. The summed E-state index contributed by atoms with van der Waals surface area (Å²) in [6, 6.07) is 0. The minimum Gasteiger partial charge on any atom is -0.380 e. The first kappa shape index (κ1) is 9.27. The third-order valence-corrected chi connectivity index (χ3v) is 2.78. The molecule has 1 heterocycles. The smallest absolute Gasteiger partial charge is 0.270 e. The Morgan fingerprint density at radius 1 is 1.64 bits per heavy atom. The number of aliphatic hydroxyl groups excluding tert-OH is 1. The van der Waals surface area contributed by atoms with Crippen LogP contribution in [0.4, 0.5) is 8.78 Å². The molecule has 1 N–H and O–H groups in total. The zero-order chi connectivity index (χ0) is 8.43. The van der Waals surface area contributed by atoms with Crippen LogP contribution in [-0.2, 0) is 0 Å². The van der Waals surface area contributed by atoms with E-state index in [0.717, 1.165) is 14.2 Å². The summed E-state index contributed by atoms with van der Waals surface area (Å²) in [7, 11) is 0. The highest BCUT2D eigenvalue weighted by atomic mass is 127. The van der Waals surface area contributed by atoms with Crippen LogP contribution in [0, 0.1) is 2.88 Å². The van der Waals surface area contributed by atoms with Crippen LogP contribution in [0.25, 0.3) is 0 Å². The highest BCUT2D eigenvalue weighted by Crippen LogP contribution is 2.25. The van der Waals surface area contributed by atoms with Crippen LogP contribution >= 0.6 is 33.9 Å². The molecule has 0 spiro atoms. The molecular formula is C5H4F2INOS. The van der Waals surface area contributed by atoms with Crippen LogP contribution in [0.5, 0.6) is 0 Å². The Morgan fingerprint density at radius 3 is 2.64 bits per heavy atom. The van der Waals surface area contributed by atoms with Gasteiger partial charge in [-0.1, -0.05) is 0 Å². The van der Waals surface area contributed by atoms with Crippen molar-refractivity contribution in [2.45, 2.75) is 12.5 Å². The quantitative estimate of drug-likeness (QED) is 0.846. The zero-order valence-electron chi connectivity index (χ0n) is 5.17. The molecule has 62 valence electrons. The maximum atomic E-state index is 11.8. The van der Waals surface area contributed by atoms with Crippen molar-refractivity contribution in [1.82, 2.24) is 4.98 Å². The van der Waals surface area contributed by atoms with Gasteiger partial charge in [-0.05, 0) is 22.6 Å². The average molecular weight is 291 g/mol. The fourth-order valence-corrected chi connectivity index (χ4v) is 1.96. The van der Waals surface area contributed by atoms with Gasteiger partial charge in [0.05, 0.1) is 9.08 Å². The van der Waals surface area contributed by atoms with Gasteiger partial charge in [-0.25, -0.2) is 13.8 Å². The summed E-state index contributed by atoms with van der Waals surface area (Å²) < 4.78 is 24.5. The van der Waals surface area contributed by atoms with Crippen molar-refractivity contribution < 1.29 is 13.9 Å². The van der Waals surface area contributed by atoms with E-state index in [1.165, 1.54) is 6.20 Å². The normalized spacial score (nSPS) is 13.9. The molecule has 1 rings (SSSR count). The third-order valence-electron chi connectivity index (χ3n) is 0.987. The van der Waals surface area contributed by atoms with E-state index in [1.807, 2.05) is 22.6 Å². The Morgan fingerprint density at radius 2 is 2.27 bits per heavy atom. The van der Waals surface area contributed by atoms with Crippen molar-refractivity contribution in [2.24, 2.45) is 0 Å². The van der Waals surface area contributed by atoms with E-state index in [0.29, 0.717) is 0 Å². The van der Waals surface area contributed by atoms with E-state index in [9.17, 15) is 8.78 Å². The van der Waals surface area contributed by atoms with Gasteiger partial charge < -0.3 is 5.11 Å². The second-order valence-electron chi connectivity index (χ2n) is 1.78. The molecule has 0 radical (unpaired) electrons. The van der Waals surface area contributed by atoms with Gasteiger partial charge in [0.15, 0.2) is 6.10 Å². The molecule has 0 aliphatic heterocycles. The van der Waals surface area contributed by atoms with E-state index >= 15 is 0 Å². The SMILES string of the molecule is OC(c1ncc(I)s1)C(F)F. The van der Waals surface area contributed by atoms with Gasteiger partial charge in [-0.3, -0.25) is 0 Å². The molecule has 1 aromatic heterocycles. The van der Waals surface area contributed by atoms with E-state index in [2.05, 4.69) is 4.98 Å². The minimum atomic E-state index is -2.75. The largest absolute Gasteiger partial charge is 0.380 e. The Labute approximate surface area is 79.4 Å². The van der Waals surface area contributed by atoms with Crippen LogP contribution in [-0.4, -0.2) is 16.5 Å². The Balaban J connectivity index is 2.76. The lowest BCUT2D eigenvalue weighted by Gasteiger charge is -2.03. The maximum absolute atomic E-state index is 11.8. The van der Waals surface area contributed by atoms with Gasteiger partial charge in [0.1, 0.15) is 5.01 Å². The van der Waals surface area contributed by atoms with Gasteiger partial charge in [0.25, 0.3) is 6.43 Å². The number of rotatable bonds is 2. The molecular weight excluding hydrogens is 287 g/mol. The Kier molecular flexibility index (Phi) is 3.14. The predicted octanol–water partition coefficient (Wildman–Crippen LogP) is 2.05. The molecule has 0 saturated heterocycles. The second-order valence-corrected chi connectivity index (χ2v) is 4.74. The van der Waals surface area contributed by atoms with Crippen molar-refractivity contribution in [3.8, 4) is 0 Å². The highest BCUT2D eigenvalue weighted by Gasteiger charge is 2.21. The van der Waals surface area contributed by atoms with Crippen LogP contribution in [0.1, 0.15) is 11.1 Å². The summed E-state index contributed by atoms with van der Waals surface area (Å²) in [5.74, 6) is 0. The maximum Gasteiger partial charge on any atom is 0.270 e. The summed E-state index contributed by atoms with van der Waals surface area (Å²) in [6.45, 7) is 0. The fourth-order valence-electron chi connectivity index (χ4n) is 0.511. The van der Waals surface area contributed by atoms with Crippen LogP contribution in [0.3, 0.4) is 0 Å². The summed E-state index contributed by atoms with van der Waals surface area (Å²) in [5.41, 5.74) is 0. The topological polar surface area (TPSA) is 33.1 Å². The van der Waals surface area contributed by atoms with Crippen molar-refractivity contribution in [3.63, 3.8) is 0 Å². The molecule has 1 unspecified atom stereocenters. The lowest BCUT2D eigenvalue weighted by Crippen LogP contribution is -2.06. The first-order valence-corrected chi connectivity index (χ1v) is 4.58. The van der Waals surface area contributed by atoms with Gasteiger partial charge in [0, 0.05) is 0 Å². The number of thiazole rings is 1. The van der Waals surface area contributed by atoms with E-state index < -0.39 is 12.5 Å². The van der Waals surface area contributed by atoms with E-state index in [4.69, 9.17) is 5.11 Å². The van der Waals surface area contributed by atoms with Crippen molar-refractivity contribution >= 4 is 33.9 Å². The molecule has 1 aromatic rings. The molecule has 0 aliphatic rings. The van der Waals surface area contributed by atoms with Crippen molar-refractivity contribution in [1.29, 1.82) is 0 Å². The lowest BCUT2D eigenvalue weighted by molar-refractivity contribution is -0.00588. The number of hydrogen-bond acceptors (Lipinski definition) is 3.